The highest BCUT2D eigenvalue weighted by atomic mass is 19.4. The van der Waals surface area contributed by atoms with E-state index >= 15 is 0 Å². The summed E-state index contributed by atoms with van der Waals surface area (Å²) in [6, 6.07) is 14.5. The molecule has 33 heavy (non-hydrogen) atoms. The second-order valence-electron chi connectivity index (χ2n) is 7.28. The third-order valence-corrected chi connectivity index (χ3v) is 5.24. The predicted octanol–water partition coefficient (Wildman–Crippen LogP) is 3.59. The summed E-state index contributed by atoms with van der Waals surface area (Å²) in [7, 11) is 1.26. The lowest BCUT2D eigenvalue weighted by molar-refractivity contribution is -0.137. The molecule has 0 atom stereocenters. The molecule has 0 spiro atoms. The van der Waals surface area contributed by atoms with E-state index in [0.717, 1.165) is 21.3 Å². The van der Waals surface area contributed by atoms with E-state index in [-0.39, 0.29) is 16.9 Å². The van der Waals surface area contributed by atoms with Gasteiger partial charge in [0, 0.05) is 12.7 Å². The van der Waals surface area contributed by atoms with Gasteiger partial charge in [-0.25, -0.2) is 9.48 Å². The number of hydrogen-bond donors (Lipinski definition) is 0. The smallest absolute Gasteiger partial charge is 0.268 e. The number of nitriles is 1. The van der Waals surface area contributed by atoms with Gasteiger partial charge in [0.25, 0.3) is 5.56 Å². The minimum atomic E-state index is -4.60. The van der Waals surface area contributed by atoms with E-state index in [1.165, 1.54) is 37.0 Å². The van der Waals surface area contributed by atoms with Gasteiger partial charge in [0.1, 0.15) is 0 Å². The van der Waals surface area contributed by atoms with E-state index in [2.05, 4.69) is 5.10 Å². The zero-order chi connectivity index (χ0) is 23.9. The fourth-order valence-corrected chi connectivity index (χ4v) is 3.64. The van der Waals surface area contributed by atoms with Gasteiger partial charge in [-0.3, -0.25) is 13.9 Å². The minimum Gasteiger partial charge on any atom is -0.268 e. The van der Waals surface area contributed by atoms with E-state index in [1.807, 2.05) is 6.07 Å². The number of nitrogens with zero attached hydrogens (tertiary/aromatic N) is 5. The second kappa shape index (κ2) is 7.94. The maximum absolute atomic E-state index is 13.3. The molecule has 0 aliphatic carbocycles. The third kappa shape index (κ3) is 3.74. The highest BCUT2D eigenvalue weighted by Gasteiger charge is 2.31. The molecule has 0 unspecified atom stereocenters. The molecule has 0 N–H and O–H groups in total. The summed E-state index contributed by atoms with van der Waals surface area (Å²) in [5.74, 6) is 0. The largest absolute Gasteiger partial charge is 0.416 e. The molecular formula is C23H16F3N5O2. The Hall–Kier alpha value is -4.39. The van der Waals surface area contributed by atoms with E-state index in [1.54, 1.807) is 30.3 Å². The van der Waals surface area contributed by atoms with Gasteiger partial charge in [-0.15, -0.1) is 0 Å². The standard InChI is InChI=1S/C23H16F3N5O2/c1-14-20(19-9-10-28-31(19)18-8-3-5-15(11-18)13-27)21(32)29(2)22(33)30(14)17-7-4-6-16(12-17)23(24,25)26/h3-12H,1-2H3. The molecular weight excluding hydrogens is 435 g/mol. The lowest BCUT2D eigenvalue weighted by Crippen LogP contribution is -2.40. The van der Waals surface area contributed by atoms with Crippen molar-refractivity contribution in [2.75, 3.05) is 0 Å². The van der Waals surface area contributed by atoms with Crippen molar-refractivity contribution >= 4 is 0 Å². The lowest BCUT2D eigenvalue weighted by atomic mass is 10.1. The summed E-state index contributed by atoms with van der Waals surface area (Å²) in [5.41, 5.74) is -0.891. The van der Waals surface area contributed by atoms with Crippen LogP contribution in [0.1, 0.15) is 16.8 Å². The van der Waals surface area contributed by atoms with E-state index < -0.39 is 23.0 Å². The highest BCUT2D eigenvalue weighted by Crippen LogP contribution is 2.31. The van der Waals surface area contributed by atoms with Gasteiger partial charge >= 0.3 is 11.9 Å². The Balaban J connectivity index is 2.00. The van der Waals surface area contributed by atoms with Crippen LogP contribution >= 0.6 is 0 Å². The van der Waals surface area contributed by atoms with Crippen molar-refractivity contribution in [2.24, 2.45) is 7.05 Å². The first-order valence-electron chi connectivity index (χ1n) is 9.68. The SMILES string of the molecule is Cc1c(-c2ccnn2-c2cccc(C#N)c2)c(=O)n(C)c(=O)n1-c1cccc(C(F)(F)F)c1. The summed E-state index contributed by atoms with van der Waals surface area (Å²) in [5, 5.41) is 13.4. The molecule has 2 aromatic heterocycles. The van der Waals surface area contributed by atoms with E-state index in [4.69, 9.17) is 0 Å². The van der Waals surface area contributed by atoms with Crippen LogP contribution in [0, 0.1) is 18.3 Å². The summed E-state index contributed by atoms with van der Waals surface area (Å²) in [6.45, 7) is 1.49. The molecule has 0 amide bonds. The molecule has 0 aliphatic heterocycles. The van der Waals surface area contributed by atoms with Crippen LogP contribution < -0.4 is 11.2 Å². The molecule has 0 radical (unpaired) electrons. The van der Waals surface area contributed by atoms with Crippen molar-refractivity contribution in [3.05, 3.63) is 98.5 Å². The summed E-state index contributed by atoms with van der Waals surface area (Å²) >= 11 is 0. The molecule has 0 bridgehead atoms. The third-order valence-electron chi connectivity index (χ3n) is 5.24. The zero-order valence-corrected chi connectivity index (χ0v) is 17.5. The normalized spacial score (nSPS) is 11.4. The van der Waals surface area contributed by atoms with E-state index in [0.29, 0.717) is 16.9 Å². The van der Waals surface area contributed by atoms with Gasteiger partial charge in [-0.05, 0) is 49.4 Å². The van der Waals surface area contributed by atoms with Crippen LogP contribution in [0.2, 0.25) is 0 Å². The van der Waals surface area contributed by atoms with Crippen molar-refractivity contribution < 1.29 is 13.2 Å². The average molecular weight is 451 g/mol. The van der Waals surface area contributed by atoms with Gasteiger partial charge in [-0.1, -0.05) is 12.1 Å². The molecule has 2 aromatic carbocycles. The maximum atomic E-state index is 13.3. The van der Waals surface area contributed by atoms with Gasteiger partial charge in [0.2, 0.25) is 0 Å². The molecule has 7 nitrogen and oxygen atoms in total. The maximum Gasteiger partial charge on any atom is 0.416 e. The predicted molar refractivity (Wildman–Crippen MR) is 114 cm³/mol. The van der Waals surface area contributed by atoms with Crippen LogP contribution in [-0.2, 0) is 13.2 Å². The van der Waals surface area contributed by atoms with Crippen LogP contribution in [-0.4, -0.2) is 18.9 Å². The second-order valence-corrected chi connectivity index (χ2v) is 7.28. The number of benzene rings is 2. The van der Waals surface area contributed by atoms with Crippen LogP contribution in [0.4, 0.5) is 13.2 Å². The van der Waals surface area contributed by atoms with Gasteiger partial charge < -0.3 is 0 Å². The Labute approximate surface area is 185 Å². The summed E-state index contributed by atoms with van der Waals surface area (Å²) < 4.78 is 43.1. The number of aromatic nitrogens is 4. The molecule has 0 saturated heterocycles. The number of halogens is 3. The quantitative estimate of drug-likeness (QED) is 0.477. The fraction of sp³-hybridized carbons (Fsp3) is 0.130. The van der Waals surface area contributed by atoms with Crippen molar-refractivity contribution in [3.8, 4) is 28.7 Å². The first-order valence-corrected chi connectivity index (χ1v) is 9.68. The molecule has 0 fully saturated rings. The highest BCUT2D eigenvalue weighted by molar-refractivity contribution is 5.64. The molecule has 0 aliphatic rings. The fourth-order valence-electron chi connectivity index (χ4n) is 3.64. The van der Waals surface area contributed by atoms with Crippen LogP contribution in [0.25, 0.3) is 22.6 Å². The molecule has 0 saturated carbocycles. The Morgan fingerprint density at radius 3 is 2.39 bits per heavy atom. The Bertz CT molecular complexity index is 1540. The van der Waals surface area contributed by atoms with Crippen molar-refractivity contribution in [1.29, 1.82) is 5.26 Å². The Morgan fingerprint density at radius 1 is 1.00 bits per heavy atom. The van der Waals surface area contributed by atoms with Crippen LogP contribution in [0.3, 0.4) is 0 Å². The molecule has 4 rings (SSSR count). The van der Waals surface area contributed by atoms with Gasteiger partial charge in [0.05, 0.1) is 46.0 Å². The first kappa shape index (κ1) is 21.8. The van der Waals surface area contributed by atoms with E-state index in [9.17, 15) is 28.0 Å². The zero-order valence-electron chi connectivity index (χ0n) is 17.5. The van der Waals surface area contributed by atoms with Gasteiger partial charge in [0.15, 0.2) is 0 Å². The number of hydrogen-bond acceptors (Lipinski definition) is 4. The minimum absolute atomic E-state index is 0.0262. The van der Waals surface area contributed by atoms with Crippen molar-refractivity contribution in [3.63, 3.8) is 0 Å². The lowest BCUT2D eigenvalue weighted by Gasteiger charge is -2.17. The monoisotopic (exact) mass is 451 g/mol. The summed E-state index contributed by atoms with van der Waals surface area (Å²) in [6.07, 6.45) is -3.14. The van der Waals surface area contributed by atoms with Crippen LogP contribution in [0.5, 0.6) is 0 Å². The van der Waals surface area contributed by atoms with Gasteiger partial charge in [-0.2, -0.15) is 23.5 Å². The number of rotatable bonds is 3. The van der Waals surface area contributed by atoms with Crippen LogP contribution in [0.15, 0.2) is 70.4 Å². The molecule has 4 aromatic rings. The summed E-state index contributed by atoms with van der Waals surface area (Å²) in [4.78, 5) is 26.0. The molecule has 166 valence electrons. The topological polar surface area (TPSA) is 85.6 Å². The number of alkyl halides is 3. The molecule has 10 heteroatoms. The average Bonchev–Trinajstić information content (AvgIpc) is 3.27. The Morgan fingerprint density at radius 2 is 1.70 bits per heavy atom. The van der Waals surface area contributed by atoms with Crippen molar-refractivity contribution in [1.82, 2.24) is 18.9 Å². The molecule has 2 heterocycles. The Kier molecular flexibility index (Phi) is 5.25. The first-order chi connectivity index (χ1) is 15.6. The van der Waals surface area contributed by atoms with Crippen molar-refractivity contribution in [2.45, 2.75) is 13.1 Å².